The number of rotatable bonds is 2. The number of aryl methyl sites for hydroxylation is 1. The van der Waals surface area contributed by atoms with Gasteiger partial charge in [0.25, 0.3) is 0 Å². The Hall–Kier alpha value is -1.01. The average molecular weight is 240 g/mol. The van der Waals surface area contributed by atoms with E-state index in [4.69, 9.17) is 0 Å². The van der Waals surface area contributed by atoms with Crippen LogP contribution in [0.1, 0.15) is 24.3 Å². The standard InChI is InChI=1S/C10H16N4OS/c1-7-12-10(13-16-7)14-6-4-3-5-8(11-2)9(14)15/h8,11H,3-6H2,1-2H3. The minimum Gasteiger partial charge on any atom is -0.309 e. The van der Waals surface area contributed by atoms with Gasteiger partial charge in [-0.3, -0.25) is 9.69 Å². The van der Waals surface area contributed by atoms with E-state index in [-0.39, 0.29) is 11.9 Å². The molecule has 0 radical (unpaired) electrons. The molecule has 0 aromatic carbocycles. The van der Waals surface area contributed by atoms with Gasteiger partial charge in [0.1, 0.15) is 5.01 Å². The van der Waals surface area contributed by atoms with E-state index in [1.165, 1.54) is 11.5 Å². The molecule has 1 atom stereocenters. The Kier molecular flexibility index (Phi) is 3.50. The lowest BCUT2D eigenvalue weighted by molar-refractivity contribution is -0.120. The second-order valence-electron chi connectivity index (χ2n) is 3.94. The van der Waals surface area contributed by atoms with Gasteiger partial charge in [0.15, 0.2) is 0 Å². The molecular formula is C10H16N4OS. The molecule has 1 aliphatic heterocycles. The topological polar surface area (TPSA) is 58.1 Å². The molecule has 1 N–H and O–H groups in total. The summed E-state index contributed by atoms with van der Waals surface area (Å²) < 4.78 is 4.21. The van der Waals surface area contributed by atoms with Crippen molar-refractivity contribution in [3.05, 3.63) is 5.01 Å². The second kappa shape index (κ2) is 4.88. The predicted molar refractivity (Wildman–Crippen MR) is 63.7 cm³/mol. The quantitative estimate of drug-likeness (QED) is 0.836. The Morgan fingerprint density at radius 3 is 2.94 bits per heavy atom. The zero-order chi connectivity index (χ0) is 11.5. The highest BCUT2D eigenvalue weighted by atomic mass is 32.1. The summed E-state index contributed by atoms with van der Waals surface area (Å²) in [6.07, 6.45) is 2.98. The van der Waals surface area contributed by atoms with Crippen molar-refractivity contribution in [1.82, 2.24) is 14.7 Å². The first-order chi connectivity index (χ1) is 7.72. The lowest BCUT2D eigenvalue weighted by Crippen LogP contribution is -2.44. The van der Waals surface area contributed by atoms with Gasteiger partial charge >= 0.3 is 0 Å². The number of carbonyl (C=O) groups is 1. The van der Waals surface area contributed by atoms with E-state index in [2.05, 4.69) is 14.7 Å². The zero-order valence-electron chi connectivity index (χ0n) is 9.56. The fourth-order valence-electron chi connectivity index (χ4n) is 1.90. The van der Waals surface area contributed by atoms with E-state index in [1.54, 1.807) is 4.90 Å². The minimum absolute atomic E-state index is 0.0914. The fraction of sp³-hybridized carbons (Fsp3) is 0.700. The van der Waals surface area contributed by atoms with Crippen LogP contribution in [-0.2, 0) is 4.79 Å². The van der Waals surface area contributed by atoms with E-state index >= 15 is 0 Å². The molecule has 5 nitrogen and oxygen atoms in total. The number of amides is 1. The molecule has 6 heteroatoms. The normalized spacial score (nSPS) is 22.2. The van der Waals surface area contributed by atoms with Crippen LogP contribution in [0.15, 0.2) is 0 Å². The number of nitrogens with one attached hydrogen (secondary N) is 1. The molecule has 1 aliphatic rings. The summed E-state index contributed by atoms with van der Waals surface area (Å²) in [4.78, 5) is 18.2. The Balaban J connectivity index is 2.21. The van der Waals surface area contributed by atoms with Gasteiger partial charge in [0.2, 0.25) is 11.9 Å². The molecule has 88 valence electrons. The van der Waals surface area contributed by atoms with Crippen molar-refractivity contribution in [3.8, 4) is 0 Å². The Morgan fingerprint density at radius 2 is 2.31 bits per heavy atom. The maximum Gasteiger partial charge on any atom is 0.246 e. The maximum atomic E-state index is 12.2. The Bertz CT molecular complexity index is 379. The molecule has 2 rings (SSSR count). The number of anilines is 1. The molecule has 1 unspecified atom stereocenters. The summed E-state index contributed by atoms with van der Waals surface area (Å²) >= 11 is 1.34. The van der Waals surface area contributed by atoms with Gasteiger partial charge in [-0.05, 0) is 44.8 Å². The highest BCUT2D eigenvalue weighted by molar-refractivity contribution is 7.05. The third kappa shape index (κ3) is 2.22. The summed E-state index contributed by atoms with van der Waals surface area (Å²) in [5, 5.41) is 3.95. The molecule has 1 amide bonds. The predicted octanol–water partition coefficient (Wildman–Crippen LogP) is 0.951. The van der Waals surface area contributed by atoms with Crippen LogP contribution in [0, 0.1) is 6.92 Å². The van der Waals surface area contributed by atoms with Gasteiger partial charge in [0.05, 0.1) is 6.04 Å². The van der Waals surface area contributed by atoms with Gasteiger partial charge in [-0.25, -0.2) is 4.98 Å². The first kappa shape index (κ1) is 11.5. The summed E-state index contributed by atoms with van der Waals surface area (Å²) in [7, 11) is 1.83. The van der Waals surface area contributed by atoms with Crippen molar-refractivity contribution in [3.63, 3.8) is 0 Å². The average Bonchev–Trinajstić information content (AvgIpc) is 2.60. The fourth-order valence-corrected chi connectivity index (χ4v) is 2.38. The number of likely N-dealkylation sites (N-methyl/N-ethyl adjacent to an activating group) is 1. The van der Waals surface area contributed by atoms with Gasteiger partial charge in [0, 0.05) is 6.54 Å². The molecule has 0 saturated carbocycles. The van der Waals surface area contributed by atoms with Crippen LogP contribution < -0.4 is 10.2 Å². The van der Waals surface area contributed by atoms with Crippen molar-refractivity contribution in [2.45, 2.75) is 32.2 Å². The SMILES string of the molecule is CNC1CCCCN(c2nsc(C)n2)C1=O. The highest BCUT2D eigenvalue weighted by Gasteiger charge is 2.28. The van der Waals surface area contributed by atoms with Crippen molar-refractivity contribution < 1.29 is 4.79 Å². The maximum absolute atomic E-state index is 12.2. The molecule has 1 saturated heterocycles. The summed E-state index contributed by atoms with van der Waals surface area (Å²) in [5.41, 5.74) is 0. The highest BCUT2D eigenvalue weighted by Crippen LogP contribution is 2.19. The number of carbonyl (C=O) groups excluding carboxylic acids is 1. The number of hydrogen-bond donors (Lipinski definition) is 1. The first-order valence-corrected chi connectivity index (χ1v) is 6.28. The smallest absolute Gasteiger partial charge is 0.246 e. The van der Waals surface area contributed by atoms with Crippen LogP contribution in [0.2, 0.25) is 0 Å². The van der Waals surface area contributed by atoms with Gasteiger partial charge in [-0.2, -0.15) is 4.37 Å². The third-order valence-electron chi connectivity index (χ3n) is 2.80. The molecule has 1 aromatic heterocycles. The van der Waals surface area contributed by atoms with E-state index in [1.807, 2.05) is 14.0 Å². The van der Waals surface area contributed by atoms with Crippen LogP contribution in [0.3, 0.4) is 0 Å². The van der Waals surface area contributed by atoms with Gasteiger partial charge in [-0.15, -0.1) is 0 Å². The molecule has 1 aromatic rings. The monoisotopic (exact) mass is 240 g/mol. The number of aromatic nitrogens is 2. The van der Waals surface area contributed by atoms with E-state index in [0.717, 1.165) is 30.8 Å². The molecule has 2 heterocycles. The van der Waals surface area contributed by atoms with Crippen molar-refractivity contribution in [1.29, 1.82) is 0 Å². The summed E-state index contributed by atoms with van der Waals surface area (Å²) in [5.74, 6) is 0.660. The third-order valence-corrected chi connectivity index (χ3v) is 3.41. The summed E-state index contributed by atoms with van der Waals surface area (Å²) in [6, 6.07) is -0.0914. The van der Waals surface area contributed by atoms with E-state index in [9.17, 15) is 4.79 Å². The van der Waals surface area contributed by atoms with E-state index in [0.29, 0.717) is 5.95 Å². The van der Waals surface area contributed by atoms with Crippen LogP contribution in [-0.4, -0.2) is 34.9 Å². The van der Waals surface area contributed by atoms with E-state index < -0.39 is 0 Å². The van der Waals surface area contributed by atoms with Crippen LogP contribution in [0.5, 0.6) is 0 Å². The van der Waals surface area contributed by atoms with Crippen molar-refractivity contribution >= 4 is 23.4 Å². The van der Waals surface area contributed by atoms with Gasteiger partial charge in [-0.1, -0.05) is 0 Å². The molecule has 1 fully saturated rings. The lowest BCUT2D eigenvalue weighted by Gasteiger charge is -2.20. The second-order valence-corrected chi connectivity index (χ2v) is 4.90. The van der Waals surface area contributed by atoms with Crippen molar-refractivity contribution in [2.24, 2.45) is 0 Å². The van der Waals surface area contributed by atoms with Crippen LogP contribution in [0.4, 0.5) is 5.95 Å². The number of hydrogen-bond acceptors (Lipinski definition) is 5. The molecule has 0 spiro atoms. The molecule has 0 aliphatic carbocycles. The minimum atomic E-state index is -0.0914. The largest absolute Gasteiger partial charge is 0.309 e. The van der Waals surface area contributed by atoms with Crippen LogP contribution >= 0.6 is 11.5 Å². The Morgan fingerprint density at radius 1 is 1.50 bits per heavy atom. The van der Waals surface area contributed by atoms with Crippen molar-refractivity contribution in [2.75, 3.05) is 18.5 Å². The molecule has 16 heavy (non-hydrogen) atoms. The first-order valence-electron chi connectivity index (χ1n) is 5.51. The lowest BCUT2D eigenvalue weighted by atomic mass is 10.1. The van der Waals surface area contributed by atoms with Gasteiger partial charge < -0.3 is 5.32 Å². The van der Waals surface area contributed by atoms with Crippen LogP contribution in [0.25, 0.3) is 0 Å². The molecule has 0 bridgehead atoms. The summed E-state index contributed by atoms with van der Waals surface area (Å²) in [6.45, 7) is 2.63. The number of nitrogens with zero attached hydrogens (tertiary/aromatic N) is 3. The Labute approximate surface area is 99.0 Å². The zero-order valence-corrected chi connectivity index (χ0v) is 10.4. The molecular weight excluding hydrogens is 224 g/mol.